The molecule has 0 saturated carbocycles. The monoisotopic (exact) mass is 441 g/mol. The summed E-state index contributed by atoms with van der Waals surface area (Å²) in [4.78, 5) is 51.5. The SMILES string of the molecule is O=C([O-])CCC(=O)N(Cc1ccc2c(c1)OCO2)[C@@H]1CC(=O)N(c2ccc(F)cc2)C1=O. The molecule has 166 valence electrons. The van der Waals surface area contributed by atoms with E-state index in [1.807, 2.05) is 0 Å². The van der Waals surface area contributed by atoms with Gasteiger partial charge in [0.15, 0.2) is 11.5 Å². The van der Waals surface area contributed by atoms with E-state index < -0.39 is 42.0 Å². The first-order chi connectivity index (χ1) is 15.3. The molecule has 32 heavy (non-hydrogen) atoms. The molecule has 0 unspecified atom stereocenters. The van der Waals surface area contributed by atoms with Crippen molar-refractivity contribution in [2.24, 2.45) is 0 Å². The summed E-state index contributed by atoms with van der Waals surface area (Å²) < 4.78 is 23.9. The Morgan fingerprint density at radius 1 is 1.06 bits per heavy atom. The lowest BCUT2D eigenvalue weighted by Gasteiger charge is -2.28. The van der Waals surface area contributed by atoms with E-state index >= 15 is 0 Å². The summed E-state index contributed by atoms with van der Waals surface area (Å²) in [5.74, 6) is -2.71. The average Bonchev–Trinajstić information content (AvgIpc) is 3.34. The fourth-order valence-electron chi connectivity index (χ4n) is 3.68. The second-order valence-electron chi connectivity index (χ2n) is 7.34. The van der Waals surface area contributed by atoms with Gasteiger partial charge >= 0.3 is 0 Å². The number of carbonyl (C=O) groups is 4. The second-order valence-corrected chi connectivity index (χ2v) is 7.34. The number of fused-ring (bicyclic) bond motifs is 1. The molecule has 2 heterocycles. The number of hydrogen-bond donors (Lipinski definition) is 0. The Labute approximate surface area is 181 Å². The second kappa shape index (κ2) is 8.66. The Morgan fingerprint density at radius 3 is 2.50 bits per heavy atom. The van der Waals surface area contributed by atoms with Crippen LogP contribution in [-0.2, 0) is 25.7 Å². The molecular weight excluding hydrogens is 423 g/mol. The Hall–Kier alpha value is -3.95. The summed E-state index contributed by atoms with van der Waals surface area (Å²) in [5.41, 5.74) is 0.797. The molecule has 2 aromatic carbocycles. The Bertz CT molecular complexity index is 1090. The van der Waals surface area contributed by atoms with Crippen LogP contribution in [0.4, 0.5) is 10.1 Å². The lowest BCUT2D eigenvalue weighted by molar-refractivity contribution is -0.305. The summed E-state index contributed by atoms with van der Waals surface area (Å²) in [6, 6.07) is 8.71. The number of imide groups is 1. The number of amides is 3. The number of aliphatic carboxylic acids is 1. The lowest BCUT2D eigenvalue weighted by Crippen LogP contribution is -2.45. The standard InChI is InChI=1S/C22H19FN2O7/c23-14-2-4-15(5-3-14)25-20(27)10-16(22(25)30)24(19(26)7-8-21(28)29)11-13-1-6-17-18(9-13)32-12-31-17/h1-6,9,16H,7-8,10-12H2,(H,28,29)/p-1/t16-/m1/s1. The van der Waals surface area contributed by atoms with Crippen LogP contribution in [0.15, 0.2) is 42.5 Å². The van der Waals surface area contributed by atoms with Crippen LogP contribution in [0.3, 0.4) is 0 Å². The first kappa shape index (κ1) is 21.3. The summed E-state index contributed by atoms with van der Waals surface area (Å²) in [7, 11) is 0. The fraction of sp³-hybridized carbons (Fsp3) is 0.273. The van der Waals surface area contributed by atoms with Crippen LogP contribution in [0.25, 0.3) is 0 Å². The normalized spacial score (nSPS) is 17.0. The number of carbonyl (C=O) groups excluding carboxylic acids is 4. The molecule has 0 radical (unpaired) electrons. The zero-order chi connectivity index (χ0) is 22.8. The van der Waals surface area contributed by atoms with Crippen LogP contribution in [0.2, 0.25) is 0 Å². The van der Waals surface area contributed by atoms with Crippen molar-refractivity contribution >= 4 is 29.4 Å². The van der Waals surface area contributed by atoms with E-state index in [0.717, 1.165) is 17.0 Å². The number of carboxylic acid groups (broad SMARTS) is 1. The van der Waals surface area contributed by atoms with Crippen LogP contribution >= 0.6 is 0 Å². The first-order valence-corrected chi connectivity index (χ1v) is 9.83. The van der Waals surface area contributed by atoms with Crippen molar-refractivity contribution in [2.75, 3.05) is 11.7 Å². The number of rotatable bonds is 7. The van der Waals surface area contributed by atoms with Gasteiger partial charge in [-0.25, -0.2) is 9.29 Å². The third kappa shape index (κ3) is 4.25. The van der Waals surface area contributed by atoms with Gasteiger partial charge in [-0.3, -0.25) is 14.4 Å². The van der Waals surface area contributed by atoms with Crippen molar-refractivity contribution in [1.82, 2.24) is 4.90 Å². The maximum Gasteiger partial charge on any atom is 0.257 e. The van der Waals surface area contributed by atoms with Gasteiger partial charge in [0.25, 0.3) is 5.91 Å². The average molecular weight is 441 g/mol. The van der Waals surface area contributed by atoms with E-state index in [1.54, 1.807) is 18.2 Å². The largest absolute Gasteiger partial charge is 0.550 e. The number of halogens is 1. The highest BCUT2D eigenvalue weighted by Crippen LogP contribution is 2.34. The molecule has 1 fully saturated rings. The number of hydrogen-bond acceptors (Lipinski definition) is 7. The number of anilines is 1. The van der Waals surface area contributed by atoms with Gasteiger partial charge in [0.2, 0.25) is 18.6 Å². The van der Waals surface area contributed by atoms with Crippen molar-refractivity contribution < 1.29 is 38.1 Å². The van der Waals surface area contributed by atoms with Gasteiger partial charge in [0, 0.05) is 18.9 Å². The molecule has 4 rings (SSSR count). The van der Waals surface area contributed by atoms with Gasteiger partial charge in [-0.05, 0) is 48.4 Å². The first-order valence-electron chi connectivity index (χ1n) is 9.83. The van der Waals surface area contributed by atoms with E-state index in [2.05, 4.69) is 0 Å². The van der Waals surface area contributed by atoms with Crippen molar-refractivity contribution in [3.63, 3.8) is 0 Å². The maximum atomic E-state index is 13.3. The minimum atomic E-state index is -1.40. The van der Waals surface area contributed by atoms with Crippen molar-refractivity contribution in [1.29, 1.82) is 0 Å². The topological polar surface area (TPSA) is 116 Å². The molecule has 0 bridgehead atoms. The van der Waals surface area contributed by atoms with Gasteiger partial charge in [0.05, 0.1) is 12.1 Å². The summed E-state index contributed by atoms with van der Waals surface area (Å²) >= 11 is 0. The van der Waals surface area contributed by atoms with Crippen molar-refractivity contribution in [3.05, 3.63) is 53.8 Å². The van der Waals surface area contributed by atoms with Crippen LogP contribution < -0.4 is 19.5 Å². The predicted octanol–water partition coefficient (Wildman–Crippen LogP) is 0.745. The van der Waals surface area contributed by atoms with Gasteiger partial charge in [-0.15, -0.1) is 0 Å². The highest BCUT2D eigenvalue weighted by atomic mass is 19.1. The Morgan fingerprint density at radius 2 is 1.78 bits per heavy atom. The molecule has 2 aliphatic heterocycles. The van der Waals surface area contributed by atoms with Crippen LogP contribution in [0.5, 0.6) is 11.5 Å². The van der Waals surface area contributed by atoms with E-state index in [-0.39, 0.29) is 31.9 Å². The fourth-order valence-corrected chi connectivity index (χ4v) is 3.68. The third-order valence-electron chi connectivity index (χ3n) is 5.24. The molecule has 10 heteroatoms. The molecule has 2 aliphatic rings. The number of carboxylic acids is 1. The summed E-state index contributed by atoms with van der Waals surface area (Å²) in [5, 5.41) is 10.8. The minimum Gasteiger partial charge on any atom is -0.550 e. The molecule has 0 spiro atoms. The Kier molecular flexibility index (Phi) is 5.76. The molecule has 2 aromatic rings. The van der Waals surface area contributed by atoms with E-state index in [4.69, 9.17) is 9.47 Å². The molecule has 3 amide bonds. The van der Waals surface area contributed by atoms with Crippen molar-refractivity contribution in [2.45, 2.75) is 31.8 Å². The maximum absolute atomic E-state index is 13.3. The quantitative estimate of drug-likeness (QED) is 0.582. The summed E-state index contributed by atoms with van der Waals surface area (Å²) in [6.07, 6.45) is -1.19. The minimum absolute atomic E-state index is 0.0521. The van der Waals surface area contributed by atoms with E-state index in [0.29, 0.717) is 17.1 Å². The third-order valence-corrected chi connectivity index (χ3v) is 5.24. The molecule has 9 nitrogen and oxygen atoms in total. The smallest absolute Gasteiger partial charge is 0.257 e. The van der Waals surface area contributed by atoms with Crippen LogP contribution in [-0.4, -0.2) is 41.4 Å². The van der Waals surface area contributed by atoms with Gasteiger partial charge in [-0.2, -0.15) is 0 Å². The van der Waals surface area contributed by atoms with Crippen LogP contribution in [0.1, 0.15) is 24.8 Å². The van der Waals surface area contributed by atoms with Crippen molar-refractivity contribution in [3.8, 4) is 11.5 Å². The summed E-state index contributed by atoms with van der Waals surface area (Å²) in [6.45, 7) is 0.0127. The molecule has 1 atom stereocenters. The van der Waals surface area contributed by atoms with Gasteiger partial charge < -0.3 is 24.3 Å². The van der Waals surface area contributed by atoms with Gasteiger partial charge in [-0.1, -0.05) is 6.07 Å². The molecule has 0 aliphatic carbocycles. The lowest BCUT2D eigenvalue weighted by atomic mass is 10.1. The van der Waals surface area contributed by atoms with Crippen LogP contribution in [0, 0.1) is 5.82 Å². The molecule has 0 N–H and O–H groups in total. The van der Waals surface area contributed by atoms with E-state index in [9.17, 15) is 28.7 Å². The predicted molar refractivity (Wildman–Crippen MR) is 105 cm³/mol. The number of benzene rings is 2. The zero-order valence-corrected chi connectivity index (χ0v) is 16.8. The zero-order valence-electron chi connectivity index (χ0n) is 16.8. The van der Waals surface area contributed by atoms with Gasteiger partial charge in [0.1, 0.15) is 11.9 Å². The molecule has 1 saturated heterocycles. The highest BCUT2D eigenvalue weighted by Gasteiger charge is 2.44. The number of ether oxygens (including phenoxy) is 2. The molecular formula is C22H18FN2O7-. The molecule has 0 aromatic heterocycles. The number of nitrogens with zero attached hydrogens (tertiary/aromatic N) is 2. The Balaban J connectivity index is 1.61. The van der Waals surface area contributed by atoms with E-state index in [1.165, 1.54) is 17.0 Å². The highest BCUT2D eigenvalue weighted by molar-refractivity contribution is 6.23.